The number of rotatable bonds is 5. The van der Waals surface area contributed by atoms with E-state index in [4.69, 9.17) is 0 Å². The van der Waals surface area contributed by atoms with Crippen molar-refractivity contribution in [3.63, 3.8) is 0 Å². The van der Waals surface area contributed by atoms with Crippen molar-refractivity contribution in [3.8, 4) is 0 Å². The lowest BCUT2D eigenvalue weighted by molar-refractivity contribution is -0.151. The highest BCUT2D eigenvalue weighted by atomic mass is 32.2. The van der Waals surface area contributed by atoms with Gasteiger partial charge in [-0.25, -0.2) is 13.2 Å². The van der Waals surface area contributed by atoms with Gasteiger partial charge in [-0.15, -0.1) is 0 Å². The lowest BCUT2D eigenvalue weighted by Gasteiger charge is -2.00. The Morgan fingerprint density at radius 2 is 1.79 bits per heavy atom. The summed E-state index contributed by atoms with van der Waals surface area (Å²) in [6.07, 6.45) is 1.18. The first-order valence-corrected chi connectivity index (χ1v) is 7.03. The van der Waals surface area contributed by atoms with Crippen molar-refractivity contribution in [2.45, 2.75) is 18.7 Å². The van der Waals surface area contributed by atoms with Crippen LogP contribution in [0.3, 0.4) is 0 Å². The summed E-state index contributed by atoms with van der Waals surface area (Å²) in [6, 6.07) is 6.38. The van der Waals surface area contributed by atoms with E-state index >= 15 is 0 Å². The predicted octanol–water partition coefficient (Wildman–Crippen LogP) is 1.41. The van der Waals surface area contributed by atoms with Crippen LogP contribution in [0.2, 0.25) is 0 Å². The van der Waals surface area contributed by atoms with Gasteiger partial charge in [-0.1, -0.05) is 17.7 Å². The molecule has 0 N–H and O–H groups in total. The Morgan fingerprint density at radius 3 is 2.32 bits per heavy atom. The molecule has 0 fully saturated rings. The van der Waals surface area contributed by atoms with Crippen molar-refractivity contribution in [3.05, 3.63) is 41.3 Å². The molecule has 0 heterocycles. The number of aryl methyl sites for hydroxylation is 1. The number of Topliss-reactive ketones (excluding diaryl/α,β-unsaturated/α-hetero) is 1. The summed E-state index contributed by atoms with van der Waals surface area (Å²) in [5, 5.41) is 0.949. The first-order valence-electron chi connectivity index (χ1n) is 5.49. The zero-order chi connectivity index (χ0) is 14.5. The molecule has 0 aliphatic rings. The summed E-state index contributed by atoms with van der Waals surface area (Å²) in [4.78, 5) is 21.6. The number of hydrogen-bond donors (Lipinski definition) is 0. The summed E-state index contributed by atoms with van der Waals surface area (Å²) in [7, 11) is -3.55. The zero-order valence-electron chi connectivity index (χ0n) is 10.6. The number of benzene rings is 1. The average Bonchev–Trinajstić information content (AvgIpc) is 2.34. The van der Waals surface area contributed by atoms with Crippen LogP contribution in [0.25, 0.3) is 0 Å². The molecule has 0 saturated heterocycles. The number of carbonyl (C=O) groups excluding carboxylic acids is 2. The predicted molar refractivity (Wildman–Crippen MR) is 69.1 cm³/mol. The second-order valence-electron chi connectivity index (χ2n) is 3.88. The maximum atomic E-state index is 11.8. The molecule has 0 amide bonds. The third-order valence-corrected chi connectivity index (χ3v) is 3.70. The molecule has 1 rings (SSSR count). The summed E-state index contributed by atoms with van der Waals surface area (Å²) in [6.45, 7) is 2.67. The highest BCUT2D eigenvalue weighted by molar-refractivity contribution is 7.94. The fraction of sp³-hybridized carbons (Fsp3) is 0.231. The zero-order valence-corrected chi connectivity index (χ0v) is 11.4. The third kappa shape index (κ3) is 4.67. The van der Waals surface area contributed by atoms with E-state index in [1.54, 1.807) is 12.1 Å². The molecule has 6 heteroatoms. The summed E-state index contributed by atoms with van der Waals surface area (Å²) in [5.41, 5.74) is 0.957. The standard InChI is InChI=1S/C13H14O5S/c1-10-4-6-12(7-5-10)19(16,17)9-3-8-18-13(15)11(2)14/h3-7,9H,8H2,1-2H3/b9-3+. The van der Waals surface area contributed by atoms with E-state index in [0.29, 0.717) is 0 Å². The smallest absolute Gasteiger partial charge is 0.374 e. The Bertz CT molecular complexity index is 596. The number of esters is 1. The van der Waals surface area contributed by atoms with Gasteiger partial charge in [-0.2, -0.15) is 0 Å². The van der Waals surface area contributed by atoms with Gasteiger partial charge < -0.3 is 4.74 Å². The molecule has 0 saturated carbocycles. The number of carbonyl (C=O) groups is 2. The van der Waals surface area contributed by atoms with Crippen LogP contribution in [0, 0.1) is 6.92 Å². The van der Waals surface area contributed by atoms with Gasteiger partial charge in [0.1, 0.15) is 6.61 Å². The maximum absolute atomic E-state index is 11.8. The first kappa shape index (κ1) is 15.1. The Labute approximate surface area is 111 Å². The molecule has 1 aromatic carbocycles. The minimum absolute atomic E-state index is 0.159. The van der Waals surface area contributed by atoms with Crippen molar-refractivity contribution < 1.29 is 22.7 Å². The summed E-state index contributed by atoms with van der Waals surface area (Å²) < 4.78 is 28.2. The highest BCUT2D eigenvalue weighted by Crippen LogP contribution is 2.12. The van der Waals surface area contributed by atoms with Gasteiger partial charge in [-0.05, 0) is 25.1 Å². The maximum Gasteiger partial charge on any atom is 0.374 e. The molecule has 0 aromatic heterocycles. The van der Waals surface area contributed by atoms with E-state index < -0.39 is 21.6 Å². The van der Waals surface area contributed by atoms with E-state index in [9.17, 15) is 18.0 Å². The van der Waals surface area contributed by atoms with E-state index in [-0.39, 0.29) is 11.5 Å². The van der Waals surface area contributed by atoms with Crippen molar-refractivity contribution in [2.24, 2.45) is 0 Å². The second-order valence-corrected chi connectivity index (χ2v) is 5.72. The average molecular weight is 282 g/mol. The Balaban J connectivity index is 2.67. The molecule has 0 spiro atoms. The molecular weight excluding hydrogens is 268 g/mol. The van der Waals surface area contributed by atoms with Gasteiger partial charge in [-0.3, -0.25) is 4.79 Å². The quantitative estimate of drug-likeness (QED) is 0.603. The van der Waals surface area contributed by atoms with Crippen LogP contribution < -0.4 is 0 Å². The second kappa shape index (κ2) is 6.29. The van der Waals surface area contributed by atoms with Gasteiger partial charge in [0.25, 0.3) is 0 Å². The molecule has 0 aliphatic heterocycles. The molecule has 102 valence electrons. The fourth-order valence-electron chi connectivity index (χ4n) is 1.20. The lowest BCUT2D eigenvalue weighted by atomic mass is 10.2. The minimum atomic E-state index is -3.55. The van der Waals surface area contributed by atoms with E-state index in [0.717, 1.165) is 17.9 Å². The molecule has 19 heavy (non-hydrogen) atoms. The van der Waals surface area contributed by atoms with Gasteiger partial charge >= 0.3 is 5.97 Å². The molecule has 0 bridgehead atoms. The van der Waals surface area contributed by atoms with Crippen LogP contribution >= 0.6 is 0 Å². The van der Waals surface area contributed by atoms with Crippen LogP contribution in [0.1, 0.15) is 12.5 Å². The molecule has 0 aliphatic carbocycles. The largest absolute Gasteiger partial charge is 0.456 e. The Morgan fingerprint density at radius 1 is 1.21 bits per heavy atom. The number of ketones is 1. The van der Waals surface area contributed by atoms with Crippen LogP contribution in [0.4, 0.5) is 0 Å². The van der Waals surface area contributed by atoms with Crippen molar-refractivity contribution in [1.29, 1.82) is 0 Å². The fourth-order valence-corrected chi connectivity index (χ4v) is 2.20. The van der Waals surface area contributed by atoms with Gasteiger partial charge in [0.2, 0.25) is 5.78 Å². The van der Waals surface area contributed by atoms with Crippen LogP contribution in [-0.4, -0.2) is 26.8 Å². The van der Waals surface area contributed by atoms with Crippen molar-refractivity contribution >= 4 is 21.6 Å². The highest BCUT2D eigenvalue weighted by Gasteiger charge is 2.10. The van der Waals surface area contributed by atoms with E-state index in [1.807, 2.05) is 6.92 Å². The molecule has 1 aromatic rings. The van der Waals surface area contributed by atoms with Gasteiger partial charge in [0.05, 0.1) is 4.90 Å². The van der Waals surface area contributed by atoms with Crippen LogP contribution in [-0.2, 0) is 24.2 Å². The molecule has 5 nitrogen and oxygen atoms in total. The normalized spacial score (nSPS) is 11.5. The van der Waals surface area contributed by atoms with Crippen molar-refractivity contribution in [2.75, 3.05) is 6.61 Å². The Kier molecular flexibility index (Phi) is 5.00. The monoisotopic (exact) mass is 282 g/mol. The molecule has 0 radical (unpaired) electrons. The number of sulfone groups is 1. The summed E-state index contributed by atoms with van der Waals surface area (Å²) >= 11 is 0. The minimum Gasteiger partial charge on any atom is -0.456 e. The molecule has 0 unspecified atom stereocenters. The number of ether oxygens (including phenoxy) is 1. The third-order valence-electron chi connectivity index (χ3n) is 2.22. The molecular formula is C13H14O5S. The molecule has 0 atom stereocenters. The van der Waals surface area contributed by atoms with E-state index in [2.05, 4.69) is 4.74 Å². The van der Waals surface area contributed by atoms with Crippen molar-refractivity contribution in [1.82, 2.24) is 0 Å². The van der Waals surface area contributed by atoms with E-state index in [1.165, 1.54) is 18.2 Å². The van der Waals surface area contributed by atoms with Gasteiger partial charge in [0, 0.05) is 12.3 Å². The van der Waals surface area contributed by atoms with Gasteiger partial charge in [0.15, 0.2) is 9.84 Å². The van der Waals surface area contributed by atoms with Crippen LogP contribution in [0.15, 0.2) is 40.6 Å². The first-order chi connectivity index (χ1) is 8.83. The topological polar surface area (TPSA) is 77.5 Å². The lowest BCUT2D eigenvalue weighted by Crippen LogP contribution is -2.13. The van der Waals surface area contributed by atoms with Crippen LogP contribution in [0.5, 0.6) is 0 Å². The summed E-state index contributed by atoms with van der Waals surface area (Å²) in [5.74, 6) is -1.72. The Hall–Kier alpha value is -1.95. The number of hydrogen-bond acceptors (Lipinski definition) is 5. The SMILES string of the molecule is CC(=O)C(=O)OC/C=C/S(=O)(=O)c1ccc(C)cc1.